The molecule has 0 bridgehead atoms. The Morgan fingerprint density at radius 1 is 1.15 bits per heavy atom. The molecule has 1 aliphatic heterocycles. The molecule has 1 amide bonds. The van der Waals surface area contributed by atoms with Gasteiger partial charge in [-0.2, -0.15) is 0 Å². The van der Waals surface area contributed by atoms with Gasteiger partial charge in [0.2, 0.25) is 0 Å². The van der Waals surface area contributed by atoms with E-state index in [1.165, 1.54) is 0 Å². The van der Waals surface area contributed by atoms with Gasteiger partial charge in [-0.1, -0.05) is 30.3 Å². The lowest BCUT2D eigenvalue weighted by Crippen LogP contribution is -2.42. The first-order chi connectivity index (χ1) is 9.74. The Morgan fingerprint density at radius 3 is 2.75 bits per heavy atom. The molecule has 1 heterocycles. The van der Waals surface area contributed by atoms with E-state index in [4.69, 9.17) is 4.74 Å². The Labute approximate surface area is 126 Å². The number of ether oxygens (including phenoxy) is 1. The van der Waals surface area contributed by atoms with Crippen LogP contribution in [0, 0.1) is 0 Å². The Kier molecular flexibility index (Phi) is 3.74. The molecule has 0 aromatic heterocycles. The largest absolute Gasteiger partial charge is 0.491 e. The number of nitrogens with one attached hydrogen (secondary N) is 1. The van der Waals surface area contributed by atoms with Crippen LogP contribution < -0.4 is 10.1 Å². The zero-order valence-electron chi connectivity index (χ0n) is 10.8. The maximum absolute atomic E-state index is 12.2. The van der Waals surface area contributed by atoms with E-state index in [9.17, 15) is 4.79 Å². The molecular formula is C16H14BrNO2. The van der Waals surface area contributed by atoms with Crippen LogP contribution in [-0.4, -0.2) is 18.6 Å². The second-order valence-electron chi connectivity index (χ2n) is 4.77. The lowest BCUT2D eigenvalue weighted by atomic mass is 10.0. The zero-order valence-corrected chi connectivity index (χ0v) is 12.4. The van der Waals surface area contributed by atoms with E-state index in [0.29, 0.717) is 12.2 Å². The monoisotopic (exact) mass is 331 g/mol. The number of hydrogen-bond donors (Lipinski definition) is 1. The third-order valence-electron chi connectivity index (χ3n) is 3.33. The minimum absolute atomic E-state index is 0.00417. The van der Waals surface area contributed by atoms with Crippen LogP contribution in [0.2, 0.25) is 0 Å². The predicted octanol–water partition coefficient (Wildman–Crippen LogP) is 3.18. The number of hydrogen-bond acceptors (Lipinski definition) is 2. The molecule has 1 aliphatic rings. The van der Waals surface area contributed by atoms with Crippen LogP contribution in [0.1, 0.15) is 15.9 Å². The van der Waals surface area contributed by atoms with Gasteiger partial charge in [-0.05, 0) is 46.1 Å². The number of fused-ring (bicyclic) bond motifs is 1. The molecule has 0 radical (unpaired) electrons. The van der Waals surface area contributed by atoms with Gasteiger partial charge in [0.05, 0.1) is 11.6 Å². The van der Waals surface area contributed by atoms with Gasteiger partial charge in [0.25, 0.3) is 5.91 Å². The Morgan fingerprint density at radius 2 is 1.90 bits per heavy atom. The fourth-order valence-electron chi connectivity index (χ4n) is 2.33. The van der Waals surface area contributed by atoms with Crippen molar-refractivity contribution in [2.45, 2.75) is 12.5 Å². The van der Waals surface area contributed by atoms with Gasteiger partial charge in [-0.3, -0.25) is 4.79 Å². The van der Waals surface area contributed by atoms with Crippen molar-refractivity contribution in [2.75, 3.05) is 6.61 Å². The molecule has 1 unspecified atom stereocenters. The number of carbonyl (C=O) groups is 1. The summed E-state index contributed by atoms with van der Waals surface area (Å²) in [6, 6.07) is 15.3. The molecule has 3 nitrogen and oxygen atoms in total. The van der Waals surface area contributed by atoms with E-state index < -0.39 is 0 Å². The maximum atomic E-state index is 12.2. The number of halogens is 1. The van der Waals surface area contributed by atoms with Crippen LogP contribution in [0.25, 0.3) is 0 Å². The van der Waals surface area contributed by atoms with Gasteiger partial charge in [-0.15, -0.1) is 0 Å². The summed E-state index contributed by atoms with van der Waals surface area (Å²) in [5, 5.41) is 3.02. The molecule has 0 saturated carbocycles. The van der Waals surface area contributed by atoms with Crippen LogP contribution in [0.5, 0.6) is 5.75 Å². The second kappa shape index (κ2) is 5.67. The van der Waals surface area contributed by atoms with Gasteiger partial charge in [0.1, 0.15) is 12.4 Å². The van der Waals surface area contributed by atoms with E-state index in [2.05, 4.69) is 21.2 Å². The minimum Gasteiger partial charge on any atom is -0.491 e. The van der Waals surface area contributed by atoms with Crippen LogP contribution >= 0.6 is 15.9 Å². The molecule has 0 aliphatic carbocycles. The highest BCUT2D eigenvalue weighted by molar-refractivity contribution is 9.10. The molecule has 0 saturated heterocycles. The summed E-state index contributed by atoms with van der Waals surface area (Å²) in [5.41, 5.74) is 1.78. The summed E-state index contributed by atoms with van der Waals surface area (Å²) in [7, 11) is 0. The first-order valence-electron chi connectivity index (χ1n) is 6.50. The van der Waals surface area contributed by atoms with E-state index in [1.54, 1.807) is 6.07 Å². The van der Waals surface area contributed by atoms with Crippen molar-refractivity contribution in [3.05, 3.63) is 64.1 Å². The van der Waals surface area contributed by atoms with Crippen molar-refractivity contribution >= 4 is 21.8 Å². The number of benzene rings is 2. The molecule has 4 heteroatoms. The summed E-state index contributed by atoms with van der Waals surface area (Å²) in [6.45, 7) is 0.507. The average Bonchev–Trinajstić information content (AvgIpc) is 2.47. The van der Waals surface area contributed by atoms with Gasteiger partial charge in [-0.25, -0.2) is 0 Å². The topological polar surface area (TPSA) is 38.3 Å². The van der Waals surface area contributed by atoms with Crippen molar-refractivity contribution in [1.29, 1.82) is 0 Å². The van der Waals surface area contributed by atoms with Crippen LogP contribution in [0.3, 0.4) is 0 Å². The van der Waals surface area contributed by atoms with Gasteiger partial charge in [0.15, 0.2) is 0 Å². The Balaban J connectivity index is 1.71. The first-order valence-corrected chi connectivity index (χ1v) is 7.29. The van der Waals surface area contributed by atoms with Crippen LogP contribution in [0.15, 0.2) is 53.0 Å². The average molecular weight is 332 g/mol. The predicted molar refractivity (Wildman–Crippen MR) is 81.0 cm³/mol. The third kappa shape index (κ3) is 2.70. The Bertz CT molecular complexity index is 642. The summed E-state index contributed by atoms with van der Waals surface area (Å²) in [6.07, 6.45) is 0.798. The zero-order chi connectivity index (χ0) is 13.9. The highest BCUT2D eigenvalue weighted by Crippen LogP contribution is 2.24. The summed E-state index contributed by atoms with van der Waals surface area (Å²) in [5.74, 6) is 0.837. The quantitative estimate of drug-likeness (QED) is 0.917. The highest BCUT2D eigenvalue weighted by Gasteiger charge is 2.22. The number of rotatable bonds is 2. The fourth-order valence-corrected chi connectivity index (χ4v) is 2.79. The minimum atomic E-state index is -0.0783. The summed E-state index contributed by atoms with van der Waals surface area (Å²) < 4.78 is 6.48. The second-order valence-corrected chi connectivity index (χ2v) is 5.63. The molecule has 20 heavy (non-hydrogen) atoms. The molecule has 1 atom stereocenters. The van der Waals surface area contributed by atoms with E-state index in [-0.39, 0.29) is 11.9 Å². The fraction of sp³-hybridized carbons (Fsp3) is 0.188. The molecule has 0 spiro atoms. The normalized spacial score (nSPS) is 16.9. The van der Waals surface area contributed by atoms with Crippen molar-refractivity contribution < 1.29 is 9.53 Å². The molecule has 1 N–H and O–H groups in total. The lowest BCUT2D eigenvalue weighted by Gasteiger charge is -2.26. The molecule has 102 valence electrons. The first kappa shape index (κ1) is 13.2. The van der Waals surface area contributed by atoms with E-state index in [1.807, 2.05) is 42.5 Å². The summed E-state index contributed by atoms with van der Waals surface area (Å²) in [4.78, 5) is 12.2. The van der Waals surface area contributed by atoms with Gasteiger partial charge < -0.3 is 10.1 Å². The van der Waals surface area contributed by atoms with E-state index >= 15 is 0 Å². The van der Waals surface area contributed by atoms with Gasteiger partial charge >= 0.3 is 0 Å². The van der Waals surface area contributed by atoms with Gasteiger partial charge in [0, 0.05) is 4.47 Å². The highest BCUT2D eigenvalue weighted by atomic mass is 79.9. The lowest BCUT2D eigenvalue weighted by molar-refractivity contribution is 0.0914. The van der Waals surface area contributed by atoms with Crippen molar-refractivity contribution in [1.82, 2.24) is 5.32 Å². The number of amides is 1. The molecule has 3 rings (SSSR count). The molecule has 0 fully saturated rings. The summed E-state index contributed by atoms with van der Waals surface area (Å²) >= 11 is 3.40. The third-order valence-corrected chi connectivity index (χ3v) is 4.02. The number of carbonyl (C=O) groups excluding carboxylic acids is 1. The Hall–Kier alpha value is -1.81. The molecular weight excluding hydrogens is 318 g/mol. The molecule has 2 aromatic rings. The molecule has 2 aromatic carbocycles. The van der Waals surface area contributed by atoms with E-state index in [0.717, 1.165) is 22.2 Å². The van der Waals surface area contributed by atoms with Crippen LogP contribution in [-0.2, 0) is 6.42 Å². The SMILES string of the molecule is O=C(NC1COc2ccccc2C1)c1ccccc1Br. The standard InChI is InChI=1S/C16H14BrNO2/c17-14-7-3-2-6-13(14)16(19)18-12-9-11-5-1-4-8-15(11)20-10-12/h1-8,12H,9-10H2,(H,18,19). The smallest absolute Gasteiger partial charge is 0.252 e. The van der Waals surface area contributed by atoms with Crippen molar-refractivity contribution in [3.63, 3.8) is 0 Å². The van der Waals surface area contributed by atoms with Crippen LogP contribution in [0.4, 0.5) is 0 Å². The van der Waals surface area contributed by atoms with Crippen molar-refractivity contribution in [3.8, 4) is 5.75 Å². The van der Waals surface area contributed by atoms with Crippen molar-refractivity contribution in [2.24, 2.45) is 0 Å². The maximum Gasteiger partial charge on any atom is 0.252 e. The number of para-hydroxylation sites is 1.